The Bertz CT molecular complexity index is 484. The Morgan fingerprint density at radius 1 is 1.35 bits per heavy atom. The lowest BCUT2D eigenvalue weighted by Crippen LogP contribution is -2.51. The molecule has 2 N–H and O–H groups in total. The van der Waals surface area contributed by atoms with Gasteiger partial charge in [0.1, 0.15) is 0 Å². The van der Waals surface area contributed by atoms with Gasteiger partial charge in [-0.15, -0.1) is 0 Å². The van der Waals surface area contributed by atoms with Crippen molar-refractivity contribution < 1.29 is 19.4 Å². The van der Waals surface area contributed by atoms with Gasteiger partial charge in [0.05, 0.1) is 6.61 Å². The van der Waals surface area contributed by atoms with Gasteiger partial charge in [0, 0.05) is 6.42 Å². The number of carboxylic acids is 1. The molecule has 20 heavy (non-hydrogen) atoms. The number of carbonyl (C=O) groups excluding carboxylic acids is 1. The summed E-state index contributed by atoms with van der Waals surface area (Å²) < 4.78 is 4.81. The van der Waals surface area contributed by atoms with E-state index in [1.165, 1.54) is 0 Å². The molecule has 1 rings (SSSR count). The second-order valence-electron chi connectivity index (χ2n) is 4.20. The summed E-state index contributed by atoms with van der Waals surface area (Å²) in [6.07, 6.45) is 2.84. The van der Waals surface area contributed by atoms with Crippen molar-refractivity contribution in [2.24, 2.45) is 0 Å². The average Bonchev–Trinajstić information content (AvgIpc) is 2.44. The molecule has 0 heterocycles. The van der Waals surface area contributed by atoms with E-state index in [1.807, 2.05) is 0 Å². The molecule has 5 nitrogen and oxygen atoms in total. The van der Waals surface area contributed by atoms with E-state index in [1.54, 1.807) is 56.3 Å². The van der Waals surface area contributed by atoms with Crippen LogP contribution in [0.25, 0.3) is 0 Å². The van der Waals surface area contributed by atoms with Crippen molar-refractivity contribution in [3.63, 3.8) is 0 Å². The third kappa shape index (κ3) is 3.60. The molecule has 1 aromatic carbocycles. The third-order valence-corrected chi connectivity index (χ3v) is 2.88. The maximum atomic E-state index is 11.8. The van der Waals surface area contributed by atoms with Gasteiger partial charge in [-0.3, -0.25) is 0 Å². The molecule has 0 aliphatic carbocycles. The number of carboxylic acid groups (broad SMARTS) is 1. The Morgan fingerprint density at radius 2 is 2.00 bits per heavy atom. The maximum Gasteiger partial charge on any atom is 0.408 e. The van der Waals surface area contributed by atoms with Crippen LogP contribution in [-0.4, -0.2) is 23.8 Å². The number of hydrogen-bond acceptors (Lipinski definition) is 3. The van der Waals surface area contributed by atoms with Crippen LogP contribution in [0.15, 0.2) is 42.5 Å². The maximum absolute atomic E-state index is 11.8. The fourth-order valence-electron chi connectivity index (χ4n) is 1.86. The Hall–Kier alpha value is -2.30. The zero-order chi connectivity index (χ0) is 15.0. The summed E-state index contributed by atoms with van der Waals surface area (Å²) >= 11 is 0. The molecule has 0 aliphatic rings. The highest BCUT2D eigenvalue weighted by molar-refractivity contribution is 5.86. The number of rotatable bonds is 6. The third-order valence-electron chi connectivity index (χ3n) is 2.88. The van der Waals surface area contributed by atoms with Crippen molar-refractivity contribution >= 4 is 12.1 Å². The van der Waals surface area contributed by atoms with E-state index in [-0.39, 0.29) is 13.0 Å². The molecule has 1 aromatic rings. The van der Waals surface area contributed by atoms with E-state index in [9.17, 15) is 14.7 Å². The summed E-state index contributed by atoms with van der Waals surface area (Å²) in [5.74, 6) is -1.13. The Balaban J connectivity index is 3.21. The fraction of sp³-hybridized carbons (Fsp3) is 0.333. The second kappa shape index (κ2) is 7.33. The lowest BCUT2D eigenvalue weighted by molar-refractivity contribution is -0.145. The number of benzene rings is 1. The quantitative estimate of drug-likeness (QED) is 0.784. The van der Waals surface area contributed by atoms with E-state index in [0.717, 1.165) is 0 Å². The standard InChI is InChI=1S/C15H19NO4/c1-3-5-11-15(13(17)18,16-14(19)20-4-2)12-9-7-6-8-10-12/h3,5-10H,4,11H2,1-2H3,(H,16,19)(H,17,18)/t15-/m0/s1. The van der Waals surface area contributed by atoms with Crippen molar-refractivity contribution in [3.05, 3.63) is 48.0 Å². The van der Waals surface area contributed by atoms with Crippen molar-refractivity contribution in [1.29, 1.82) is 0 Å². The molecular weight excluding hydrogens is 258 g/mol. The van der Waals surface area contributed by atoms with Crippen LogP contribution in [0.4, 0.5) is 4.79 Å². The van der Waals surface area contributed by atoms with Gasteiger partial charge in [-0.1, -0.05) is 42.5 Å². The Morgan fingerprint density at radius 3 is 2.50 bits per heavy atom. The van der Waals surface area contributed by atoms with E-state index in [4.69, 9.17) is 4.74 Å². The molecule has 0 aliphatic heterocycles. The fourth-order valence-corrected chi connectivity index (χ4v) is 1.86. The van der Waals surface area contributed by atoms with E-state index in [0.29, 0.717) is 5.56 Å². The van der Waals surface area contributed by atoms with Gasteiger partial charge >= 0.3 is 12.1 Å². The molecule has 0 saturated heterocycles. The second-order valence-corrected chi connectivity index (χ2v) is 4.20. The minimum atomic E-state index is -1.53. The lowest BCUT2D eigenvalue weighted by Gasteiger charge is -2.29. The van der Waals surface area contributed by atoms with Crippen LogP contribution < -0.4 is 5.32 Å². The van der Waals surface area contributed by atoms with Crippen molar-refractivity contribution in [2.45, 2.75) is 25.8 Å². The van der Waals surface area contributed by atoms with Crippen LogP contribution in [0.2, 0.25) is 0 Å². The minimum Gasteiger partial charge on any atom is -0.479 e. The zero-order valence-corrected chi connectivity index (χ0v) is 11.6. The van der Waals surface area contributed by atoms with Crippen LogP contribution in [0.5, 0.6) is 0 Å². The number of aliphatic carboxylic acids is 1. The predicted octanol–water partition coefficient (Wildman–Crippen LogP) is 2.68. The first-order chi connectivity index (χ1) is 9.56. The van der Waals surface area contributed by atoms with Crippen LogP contribution in [0, 0.1) is 0 Å². The number of alkyl carbamates (subject to hydrolysis) is 1. The van der Waals surface area contributed by atoms with Gasteiger partial charge in [-0.25, -0.2) is 9.59 Å². The van der Waals surface area contributed by atoms with E-state index in [2.05, 4.69) is 5.32 Å². The molecule has 1 amide bonds. The molecule has 0 fully saturated rings. The largest absolute Gasteiger partial charge is 0.479 e. The number of allylic oxidation sites excluding steroid dienone is 1. The monoisotopic (exact) mass is 277 g/mol. The molecule has 1 atom stereocenters. The predicted molar refractivity (Wildman–Crippen MR) is 75.3 cm³/mol. The van der Waals surface area contributed by atoms with Gasteiger partial charge in [-0.05, 0) is 19.4 Å². The highest BCUT2D eigenvalue weighted by Gasteiger charge is 2.41. The van der Waals surface area contributed by atoms with Gasteiger partial charge in [0.15, 0.2) is 5.54 Å². The normalized spacial score (nSPS) is 13.7. The molecule has 0 bridgehead atoms. The summed E-state index contributed by atoms with van der Waals surface area (Å²) in [6.45, 7) is 3.64. The molecule has 5 heteroatoms. The first-order valence-corrected chi connectivity index (χ1v) is 6.41. The van der Waals surface area contributed by atoms with E-state index >= 15 is 0 Å². The molecule has 108 valence electrons. The number of nitrogens with one attached hydrogen (secondary N) is 1. The van der Waals surface area contributed by atoms with Crippen molar-refractivity contribution in [2.75, 3.05) is 6.61 Å². The molecule has 0 spiro atoms. The highest BCUT2D eigenvalue weighted by Crippen LogP contribution is 2.26. The Kier molecular flexibility index (Phi) is 5.77. The summed E-state index contributed by atoms with van der Waals surface area (Å²) in [5.41, 5.74) is -1.03. The van der Waals surface area contributed by atoms with Crippen molar-refractivity contribution in [3.8, 4) is 0 Å². The van der Waals surface area contributed by atoms with Crippen LogP contribution >= 0.6 is 0 Å². The van der Waals surface area contributed by atoms with Gasteiger partial charge < -0.3 is 15.2 Å². The summed E-state index contributed by atoms with van der Waals surface area (Å²) in [4.78, 5) is 23.4. The summed E-state index contributed by atoms with van der Waals surface area (Å²) in [7, 11) is 0. The minimum absolute atomic E-state index is 0.141. The SMILES string of the molecule is CC=CC[C@@](NC(=O)OCC)(C(=O)O)c1ccccc1. The smallest absolute Gasteiger partial charge is 0.408 e. The van der Waals surface area contributed by atoms with Crippen LogP contribution in [0.3, 0.4) is 0 Å². The number of carbonyl (C=O) groups is 2. The summed E-state index contributed by atoms with van der Waals surface area (Å²) in [5, 5.41) is 12.1. The lowest BCUT2D eigenvalue weighted by atomic mass is 9.86. The van der Waals surface area contributed by atoms with Crippen LogP contribution in [0.1, 0.15) is 25.8 Å². The highest BCUT2D eigenvalue weighted by atomic mass is 16.5. The van der Waals surface area contributed by atoms with Crippen molar-refractivity contribution in [1.82, 2.24) is 5.32 Å². The molecular formula is C15H19NO4. The van der Waals surface area contributed by atoms with Gasteiger partial charge in [-0.2, -0.15) is 0 Å². The Labute approximate surface area is 118 Å². The summed E-state index contributed by atoms with van der Waals surface area (Å²) in [6, 6.07) is 8.59. The molecule has 0 saturated carbocycles. The van der Waals surface area contributed by atoms with Gasteiger partial charge in [0.25, 0.3) is 0 Å². The molecule has 0 aromatic heterocycles. The number of ether oxygens (including phenoxy) is 1. The van der Waals surface area contributed by atoms with Crippen LogP contribution in [-0.2, 0) is 15.1 Å². The first kappa shape index (κ1) is 15.8. The topological polar surface area (TPSA) is 75.6 Å². The first-order valence-electron chi connectivity index (χ1n) is 6.41. The number of hydrogen-bond donors (Lipinski definition) is 2. The zero-order valence-electron chi connectivity index (χ0n) is 11.6. The van der Waals surface area contributed by atoms with Gasteiger partial charge in [0.2, 0.25) is 0 Å². The number of amides is 1. The molecule has 0 unspecified atom stereocenters. The van der Waals surface area contributed by atoms with E-state index < -0.39 is 17.6 Å². The molecule has 0 radical (unpaired) electrons. The average molecular weight is 277 g/mol.